The molecule has 0 saturated heterocycles. The zero-order chi connectivity index (χ0) is 13.1. The molecule has 0 aliphatic heterocycles. The number of hydrogen-bond donors (Lipinski definition) is 1. The molecule has 0 aromatic heterocycles. The Labute approximate surface area is 107 Å². The van der Waals surface area contributed by atoms with E-state index in [2.05, 4.69) is 4.72 Å². The molecule has 0 spiro atoms. The molecule has 0 unspecified atom stereocenters. The van der Waals surface area contributed by atoms with Gasteiger partial charge in [0.15, 0.2) is 0 Å². The number of rotatable bonds is 5. The van der Waals surface area contributed by atoms with Crippen molar-refractivity contribution < 1.29 is 13.2 Å². The Kier molecular flexibility index (Phi) is 4.62. The van der Waals surface area contributed by atoms with Crippen LogP contribution in [0.2, 0.25) is 5.02 Å². The van der Waals surface area contributed by atoms with Crippen molar-refractivity contribution >= 4 is 27.5 Å². The number of nitrogens with zero attached hydrogens (tertiary/aromatic N) is 1. The highest BCUT2D eigenvalue weighted by molar-refractivity contribution is 7.90. The van der Waals surface area contributed by atoms with Crippen LogP contribution >= 0.6 is 11.6 Å². The van der Waals surface area contributed by atoms with E-state index in [1.807, 2.05) is 6.92 Å². The molecular weight excluding hydrogens is 264 g/mol. The number of halogens is 1. The van der Waals surface area contributed by atoms with Crippen molar-refractivity contribution in [3.8, 4) is 5.75 Å². The highest BCUT2D eigenvalue weighted by Crippen LogP contribution is 2.28. The predicted octanol–water partition coefficient (Wildman–Crippen LogP) is 1.96. The van der Waals surface area contributed by atoms with Gasteiger partial charge in [0, 0.05) is 14.1 Å². The summed E-state index contributed by atoms with van der Waals surface area (Å²) in [4.78, 5) is 0. The number of benzene rings is 1. The van der Waals surface area contributed by atoms with Gasteiger partial charge in [0.1, 0.15) is 5.75 Å². The van der Waals surface area contributed by atoms with Crippen LogP contribution in [0, 0.1) is 0 Å². The van der Waals surface area contributed by atoms with Crippen LogP contribution in [0.3, 0.4) is 0 Å². The molecule has 5 nitrogen and oxygen atoms in total. The van der Waals surface area contributed by atoms with Crippen molar-refractivity contribution in [3.63, 3.8) is 0 Å². The lowest BCUT2D eigenvalue weighted by Gasteiger charge is -2.14. The quantitative estimate of drug-likeness (QED) is 0.896. The Hall–Kier alpha value is -0.980. The number of nitrogens with one attached hydrogen (secondary N) is 1. The molecule has 1 N–H and O–H groups in total. The molecule has 7 heteroatoms. The molecule has 96 valence electrons. The molecule has 0 amide bonds. The Balaban J connectivity index is 2.92. The van der Waals surface area contributed by atoms with Gasteiger partial charge in [-0.05, 0) is 25.1 Å². The lowest BCUT2D eigenvalue weighted by molar-refractivity contribution is 0.340. The monoisotopic (exact) mass is 278 g/mol. The second-order valence-corrected chi connectivity index (χ2v) is 5.76. The minimum atomic E-state index is -3.51. The van der Waals surface area contributed by atoms with Crippen molar-refractivity contribution in [2.45, 2.75) is 6.92 Å². The Morgan fingerprint density at radius 2 is 2.06 bits per heavy atom. The number of hydrogen-bond acceptors (Lipinski definition) is 3. The van der Waals surface area contributed by atoms with Crippen LogP contribution < -0.4 is 9.46 Å². The van der Waals surface area contributed by atoms with Gasteiger partial charge < -0.3 is 4.74 Å². The van der Waals surface area contributed by atoms with Gasteiger partial charge in [0.2, 0.25) is 0 Å². The van der Waals surface area contributed by atoms with Crippen LogP contribution in [0.5, 0.6) is 5.75 Å². The van der Waals surface area contributed by atoms with Crippen LogP contribution in [-0.2, 0) is 10.2 Å². The normalized spacial score (nSPS) is 11.6. The molecule has 0 aliphatic carbocycles. The topological polar surface area (TPSA) is 58.6 Å². The molecule has 0 fully saturated rings. The summed E-state index contributed by atoms with van der Waals surface area (Å²) in [6.45, 7) is 2.35. The van der Waals surface area contributed by atoms with E-state index in [4.69, 9.17) is 16.3 Å². The van der Waals surface area contributed by atoms with E-state index in [0.29, 0.717) is 23.1 Å². The van der Waals surface area contributed by atoms with Crippen molar-refractivity contribution in [2.75, 3.05) is 25.4 Å². The maximum Gasteiger partial charge on any atom is 0.301 e. The fraction of sp³-hybridized carbons (Fsp3) is 0.400. The third-order valence-corrected chi connectivity index (χ3v) is 3.71. The molecular formula is C10H15ClN2O3S. The van der Waals surface area contributed by atoms with E-state index >= 15 is 0 Å². The summed E-state index contributed by atoms with van der Waals surface area (Å²) in [6.07, 6.45) is 0. The molecule has 0 radical (unpaired) electrons. The first-order valence-corrected chi connectivity index (χ1v) is 6.81. The average Bonchev–Trinajstić information content (AvgIpc) is 2.21. The molecule has 0 atom stereocenters. The summed E-state index contributed by atoms with van der Waals surface area (Å²) in [7, 11) is -0.623. The van der Waals surface area contributed by atoms with Gasteiger partial charge in [-0.1, -0.05) is 11.6 Å². The van der Waals surface area contributed by atoms with Crippen molar-refractivity contribution in [3.05, 3.63) is 23.2 Å². The van der Waals surface area contributed by atoms with Crippen molar-refractivity contribution in [2.24, 2.45) is 0 Å². The summed E-state index contributed by atoms with van der Waals surface area (Å²) < 4.78 is 31.8. The first kappa shape index (κ1) is 14.1. The third kappa shape index (κ3) is 3.76. The molecule has 0 aliphatic rings. The van der Waals surface area contributed by atoms with E-state index < -0.39 is 10.2 Å². The minimum Gasteiger partial charge on any atom is -0.492 e. The largest absolute Gasteiger partial charge is 0.492 e. The first-order chi connectivity index (χ1) is 7.86. The second-order valence-electron chi connectivity index (χ2n) is 3.47. The number of ether oxygens (including phenoxy) is 1. The highest BCUT2D eigenvalue weighted by atomic mass is 35.5. The molecule has 0 heterocycles. The summed E-state index contributed by atoms with van der Waals surface area (Å²) in [5.41, 5.74) is 0.396. The standard InChI is InChI=1S/C10H15ClN2O3S/c1-4-16-10-6-5-8(7-9(10)11)12-17(14,15)13(2)3/h5-7,12H,4H2,1-3H3. The fourth-order valence-electron chi connectivity index (χ4n) is 1.08. The van der Waals surface area contributed by atoms with E-state index in [9.17, 15) is 8.42 Å². The van der Waals surface area contributed by atoms with Gasteiger partial charge in [0.25, 0.3) is 0 Å². The SMILES string of the molecule is CCOc1ccc(NS(=O)(=O)N(C)C)cc1Cl. The molecule has 0 bridgehead atoms. The Morgan fingerprint density at radius 3 is 2.53 bits per heavy atom. The second kappa shape index (κ2) is 5.57. The van der Waals surface area contributed by atoms with Gasteiger partial charge in [-0.2, -0.15) is 12.7 Å². The molecule has 1 rings (SSSR count). The highest BCUT2D eigenvalue weighted by Gasteiger charge is 2.13. The lowest BCUT2D eigenvalue weighted by atomic mass is 10.3. The summed E-state index contributed by atoms with van der Waals surface area (Å²) in [5.74, 6) is 0.530. The van der Waals surface area contributed by atoms with Crippen molar-refractivity contribution in [1.29, 1.82) is 0 Å². The fourth-order valence-corrected chi connectivity index (χ4v) is 1.92. The Bertz CT molecular complexity index is 488. The van der Waals surface area contributed by atoms with Gasteiger partial charge in [-0.25, -0.2) is 0 Å². The summed E-state index contributed by atoms with van der Waals surface area (Å²) >= 11 is 5.94. The van der Waals surface area contributed by atoms with E-state index in [1.165, 1.54) is 20.2 Å². The Morgan fingerprint density at radius 1 is 1.41 bits per heavy atom. The van der Waals surface area contributed by atoms with Crippen LogP contribution in [-0.4, -0.2) is 33.4 Å². The van der Waals surface area contributed by atoms with E-state index in [-0.39, 0.29) is 0 Å². The van der Waals surface area contributed by atoms with Gasteiger partial charge in [-0.3, -0.25) is 4.72 Å². The van der Waals surface area contributed by atoms with E-state index in [1.54, 1.807) is 12.1 Å². The number of anilines is 1. The zero-order valence-corrected chi connectivity index (χ0v) is 11.5. The van der Waals surface area contributed by atoms with Gasteiger partial charge in [0.05, 0.1) is 17.3 Å². The van der Waals surface area contributed by atoms with Gasteiger partial charge in [-0.15, -0.1) is 0 Å². The molecule has 0 saturated carbocycles. The van der Waals surface area contributed by atoms with Crippen LogP contribution in [0.4, 0.5) is 5.69 Å². The summed E-state index contributed by atoms with van der Waals surface area (Å²) in [6, 6.07) is 4.73. The predicted molar refractivity (Wildman–Crippen MR) is 68.9 cm³/mol. The van der Waals surface area contributed by atoms with Crippen molar-refractivity contribution in [1.82, 2.24) is 4.31 Å². The van der Waals surface area contributed by atoms with Crippen LogP contribution in [0.25, 0.3) is 0 Å². The van der Waals surface area contributed by atoms with Crippen LogP contribution in [0.1, 0.15) is 6.92 Å². The van der Waals surface area contributed by atoms with Crippen LogP contribution in [0.15, 0.2) is 18.2 Å². The molecule has 1 aromatic carbocycles. The van der Waals surface area contributed by atoms with E-state index in [0.717, 1.165) is 4.31 Å². The average molecular weight is 279 g/mol. The third-order valence-electron chi connectivity index (χ3n) is 1.96. The summed E-state index contributed by atoms with van der Waals surface area (Å²) in [5, 5.41) is 0.366. The minimum absolute atomic E-state index is 0.366. The smallest absolute Gasteiger partial charge is 0.301 e. The lowest BCUT2D eigenvalue weighted by Crippen LogP contribution is -2.28. The maximum absolute atomic E-state index is 11.6. The maximum atomic E-state index is 11.6. The first-order valence-electron chi connectivity index (χ1n) is 4.99. The molecule has 17 heavy (non-hydrogen) atoms. The molecule has 1 aromatic rings. The zero-order valence-electron chi connectivity index (χ0n) is 9.90. The van der Waals surface area contributed by atoms with Gasteiger partial charge >= 0.3 is 10.2 Å².